The predicted octanol–water partition coefficient (Wildman–Crippen LogP) is 14.1. The van der Waals surface area contributed by atoms with Crippen molar-refractivity contribution in [1.29, 1.82) is 0 Å². The van der Waals surface area contributed by atoms with Crippen molar-refractivity contribution in [3.63, 3.8) is 0 Å². The molecule has 320 valence electrons. The number of anilines is 6. The predicted molar refractivity (Wildman–Crippen MR) is 275 cm³/mol. The number of nitrogens with zero attached hydrogens (tertiary/aromatic N) is 2. The lowest BCUT2D eigenvalue weighted by molar-refractivity contribution is -0.123. The van der Waals surface area contributed by atoms with Gasteiger partial charge >= 0.3 is 0 Å². The molecule has 0 amide bonds. The zero-order valence-electron chi connectivity index (χ0n) is 36.7. The molecule has 2 aromatic heterocycles. The molecular weight excluding hydrogens is 856 g/mol. The van der Waals surface area contributed by atoms with Crippen molar-refractivity contribution < 1.29 is 14.4 Å². The van der Waals surface area contributed by atoms with E-state index >= 15 is 0 Å². The molecule has 0 aliphatic carbocycles. The molecule has 1 spiro atoms. The Morgan fingerprint density at radius 3 is 1.14 bits per heavy atom. The minimum absolute atomic E-state index is 0.465. The maximum atomic E-state index is 13.7. The third kappa shape index (κ3) is 6.97. The molecule has 1 saturated heterocycles. The van der Waals surface area contributed by atoms with E-state index in [1.54, 1.807) is 22.7 Å². The van der Waals surface area contributed by atoms with E-state index < -0.39 is 13.3 Å². The maximum absolute atomic E-state index is 13.7. The monoisotopic (exact) mass is 903 g/mol. The van der Waals surface area contributed by atoms with Crippen molar-refractivity contribution in [2.75, 3.05) is 23.0 Å². The second-order valence-corrected chi connectivity index (χ2v) is 21.7. The zero-order valence-corrected chi connectivity index (χ0v) is 39.3. The molecule has 4 heterocycles. The highest BCUT2D eigenvalue weighted by Gasteiger charge is 2.63. The van der Waals surface area contributed by atoms with Crippen molar-refractivity contribution in [3.8, 4) is 20.9 Å². The van der Waals surface area contributed by atoms with Crippen LogP contribution in [0.3, 0.4) is 0 Å². The van der Waals surface area contributed by atoms with Gasteiger partial charge in [0.05, 0.1) is 13.2 Å². The van der Waals surface area contributed by atoms with Gasteiger partial charge in [0.25, 0.3) is 0 Å². The Morgan fingerprint density at radius 2 is 0.785 bits per heavy atom. The highest BCUT2D eigenvalue weighted by molar-refractivity contribution is 7.91. The summed E-state index contributed by atoms with van der Waals surface area (Å²) < 4.78 is 13.6. The molecule has 5 nitrogen and oxygen atoms in total. The Balaban J connectivity index is 1.01. The smallest absolute Gasteiger partial charge is 0.249 e. The molecule has 0 saturated carbocycles. The second kappa shape index (κ2) is 16.7. The Bertz CT molecular complexity index is 2910. The van der Waals surface area contributed by atoms with Crippen LogP contribution in [0.2, 0.25) is 0 Å². The van der Waals surface area contributed by atoms with Gasteiger partial charge < -0.3 is 19.3 Å². The summed E-state index contributed by atoms with van der Waals surface area (Å²) in [6.45, 7) is 9.58. The van der Waals surface area contributed by atoms with Gasteiger partial charge in [0.15, 0.2) is 10.6 Å². The van der Waals surface area contributed by atoms with E-state index in [0.717, 1.165) is 80.7 Å². The highest BCUT2D eigenvalue weighted by Crippen LogP contribution is 2.64. The fraction of sp³-hybridized carbons (Fsp3) is 0.123. The van der Waals surface area contributed by atoms with Crippen molar-refractivity contribution in [1.82, 2.24) is 0 Å². The molecule has 0 bridgehead atoms. The van der Waals surface area contributed by atoms with Crippen LogP contribution in [0.5, 0.6) is 0 Å². The Morgan fingerprint density at radius 1 is 0.446 bits per heavy atom. The Hall–Kier alpha value is -6.15. The number of ether oxygens (including phenoxy) is 2. The van der Waals surface area contributed by atoms with Gasteiger partial charge in [-0.25, -0.2) is 4.89 Å². The topological polar surface area (TPSA) is 45.2 Å². The van der Waals surface area contributed by atoms with Crippen LogP contribution in [0.25, 0.3) is 20.9 Å². The van der Waals surface area contributed by atoms with Gasteiger partial charge in [-0.05, 0) is 122 Å². The summed E-state index contributed by atoms with van der Waals surface area (Å²) in [5, 5.41) is 2.71. The summed E-state index contributed by atoms with van der Waals surface area (Å²) in [4.78, 5) is 22.3. The number of rotatable bonds is 9. The summed E-state index contributed by atoms with van der Waals surface area (Å²) in [6, 6.07) is 66.4. The molecule has 7 aromatic carbocycles. The number of benzene rings is 7. The van der Waals surface area contributed by atoms with Gasteiger partial charge in [-0.1, -0.05) is 115 Å². The largest absolute Gasteiger partial charge is 0.338 e. The van der Waals surface area contributed by atoms with Crippen LogP contribution < -0.4 is 25.7 Å². The molecule has 0 unspecified atom stereocenters. The van der Waals surface area contributed by atoms with Crippen LogP contribution in [0, 0.1) is 27.7 Å². The summed E-state index contributed by atoms with van der Waals surface area (Å²) >= 11 is 3.34. The molecule has 9 aromatic rings. The quantitative estimate of drug-likeness (QED) is 0.146. The van der Waals surface area contributed by atoms with E-state index in [9.17, 15) is 4.89 Å². The molecule has 8 heteroatoms. The lowest BCUT2D eigenvalue weighted by atomic mass is 10.1. The van der Waals surface area contributed by atoms with E-state index in [1.165, 1.54) is 22.3 Å². The maximum Gasteiger partial charge on any atom is 0.249 e. The number of fused-ring (bicyclic) bond motifs is 4. The standard InChI is InChI=1S/C57H48N2O3PS2/c1-38-16-8-12-22-47(38)58(48-23-13-9-17-39(48)2)44-30-26-42(27-31-44)53-36-51-55(64-53)57(61-34-35-62-57)56-52(63(51,60)46-20-6-5-7-21-46)37-54(65-56)43-28-32-45(33-29-43)59(49-24-14-10-18-40(49)3)50-25-15-11-19-41(50)4/h5-33,36-37,60H,34-35H2,1-4H3/q+1. The summed E-state index contributed by atoms with van der Waals surface area (Å²) in [6.07, 6.45) is 0. The fourth-order valence-electron chi connectivity index (χ4n) is 9.45. The third-order valence-corrected chi connectivity index (χ3v) is 18.8. The van der Waals surface area contributed by atoms with E-state index in [0.29, 0.717) is 13.2 Å². The Labute approximate surface area is 389 Å². The molecule has 11 rings (SSSR count). The molecule has 2 aliphatic rings. The minimum atomic E-state index is -3.16. The van der Waals surface area contributed by atoms with Gasteiger partial charge in [0, 0.05) is 56.0 Å². The normalized spacial score (nSPS) is 14.5. The van der Waals surface area contributed by atoms with Gasteiger partial charge in [-0.3, -0.25) is 0 Å². The summed E-state index contributed by atoms with van der Waals surface area (Å²) in [5.41, 5.74) is 13.7. The molecule has 1 N–H and O–H groups in total. The lowest BCUT2D eigenvalue weighted by Gasteiger charge is -2.34. The number of aryl methyl sites for hydroxylation is 4. The summed E-state index contributed by atoms with van der Waals surface area (Å²) in [5.74, 6) is -1.11. The molecule has 1 fully saturated rings. The van der Waals surface area contributed by atoms with Gasteiger partial charge in [0.2, 0.25) is 13.3 Å². The number of para-hydroxylation sites is 4. The van der Waals surface area contributed by atoms with Crippen LogP contribution in [-0.2, 0) is 15.3 Å². The SMILES string of the molecule is Cc1ccccc1N(c1ccc(-c2cc3c(s2)C2(OCCO2)c2sc(-c4ccc(N(c5ccccc5C)c5ccccc5C)cc4)cc2[P+]3(O)c2ccccc2)cc1)c1ccccc1C. The van der Waals surface area contributed by atoms with E-state index in [1.807, 2.05) is 18.2 Å². The van der Waals surface area contributed by atoms with E-state index in [-0.39, 0.29) is 0 Å². The summed E-state index contributed by atoms with van der Waals surface area (Å²) in [7, 11) is -3.16. The van der Waals surface area contributed by atoms with Crippen LogP contribution in [0.4, 0.5) is 34.1 Å². The number of hydrogen-bond donors (Lipinski definition) is 1. The van der Waals surface area contributed by atoms with Crippen LogP contribution in [0.15, 0.2) is 188 Å². The van der Waals surface area contributed by atoms with Gasteiger partial charge in [0.1, 0.15) is 15.1 Å². The molecule has 2 aliphatic heterocycles. The van der Waals surface area contributed by atoms with Gasteiger partial charge in [-0.15, -0.1) is 22.7 Å². The number of thiophene rings is 2. The third-order valence-electron chi connectivity index (χ3n) is 12.8. The van der Waals surface area contributed by atoms with Crippen LogP contribution in [0.1, 0.15) is 32.0 Å². The lowest BCUT2D eigenvalue weighted by Crippen LogP contribution is -2.45. The van der Waals surface area contributed by atoms with Crippen LogP contribution >= 0.6 is 30.2 Å². The first-order valence-electron chi connectivity index (χ1n) is 22.0. The van der Waals surface area contributed by atoms with Crippen molar-refractivity contribution in [2.24, 2.45) is 0 Å². The van der Waals surface area contributed by atoms with Crippen molar-refractivity contribution in [2.45, 2.75) is 33.5 Å². The first kappa shape index (κ1) is 41.5. The number of hydrogen-bond acceptors (Lipinski definition) is 7. The average molecular weight is 904 g/mol. The van der Waals surface area contributed by atoms with E-state index in [4.69, 9.17) is 9.47 Å². The average Bonchev–Trinajstić information content (AvgIpc) is 4.13. The van der Waals surface area contributed by atoms with Crippen molar-refractivity contribution >= 4 is 80.2 Å². The molecule has 0 atom stereocenters. The molecular formula is C57H48N2O3PS2+. The minimum Gasteiger partial charge on any atom is -0.338 e. The van der Waals surface area contributed by atoms with Gasteiger partial charge in [-0.2, -0.15) is 0 Å². The first-order chi connectivity index (χ1) is 31.7. The second-order valence-electron chi connectivity index (χ2n) is 16.8. The molecule has 65 heavy (non-hydrogen) atoms. The van der Waals surface area contributed by atoms with Crippen LogP contribution in [-0.4, -0.2) is 18.1 Å². The first-order valence-corrected chi connectivity index (χ1v) is 25.4. The Kier molecular flexibility index (Phi) is 10.7. The molecule has 0 radical (unpaired) electrons. The van der Waals surface area contributed by atoms with E-state index in [2.05, 4.69) is 207 Å². The zero-order chi connectivity index (χ0) is 44.3. The fourth-order valence-corrected chi connectivity index (χ4v) is 16.0. The van der Waals surface area contributed by atoms with Crippen molar-refractivity contribution in [3.05, 3.63) is 220 Å². The highest BCUT2D eigenvalue weighted by atomic mass is 32.1.